The molecule has 0 bridgehead atoms. The average molecular weight is 353 g/mol. The van der Waals surface area contributed by atoms with Gasteiger partial charge in [0.2, 0.25) is 5.91 Å². The lowest BCUT2D eigenvalue weighted by atomic mass is 10.1. The second-order valence-electron chi connectivity index (χ2n) is 6.28. The van der Waals surface area contributed by atoms with Crippen molar-refractivity contribution in [2.75, 3.05) is 30.4 Å². The summed E-state index contributed by atoms with van der Waals surface area (Å²) in [5.74, 6) is -0.307. The van der Waals surface area contributed by atoms with Gasteiger partial charge in [0.15, 0.2) is 0 Å². The lowest BCUT2D eigenvalue weighted by Crippen LogP contribution is -2.53. The van der Waals surface area contributed by atoms with Crippen molar-refractivity contribution in [3.05, 3.63) is 60.2 Å². The molecule has 1 saturated heterocycles. The second-order valence-corrected chi connectivity index (χ2v) is 6.28. The monoisotopic (exact) mass is 353 g/mol. The van der Waals surface area contributed by atoms with Crippen LogP contribution in [0.15, 0.2) is 54.6 Å². The van der Waals surface area contributed by atoms with E-state index >= 15 is 0 Å². The van der Waals surface area contributed by atoms with Gasteiger partial charge < -0.3 is 20.3 Å². The fourth-order valence-electron chi connectivity index (χ4n) is 2.94. The Labute approximate surface area is 153 Å². The number of nitrogens with zero attached hydrogens (tertiary/aromatic N) is 1. The summed E-state index contributed by atoms with van der Waals surface area (Å²) in [6.07, 6.45) is -0.197. The first-order valence-corrected chi connectivity index (χ1v) is 8.65. The molecule has 0 saturated carbocycles. The predicted octanol–water partition coefficient (Wildman–Crippen LogP) is 2.28. The van der Waals surface area contributed by atoms with Crippen LogP contribution < -0.4 is 15.5 Å². The Morgan fingerprint density at radius 3 is 2.65 bits per heavy atom. The van der Waals surface area contributed by atoms with Gasteiger partial charge in [0, 0.05) is 30.5 Å². The van der Waals surface area contributed by atoms with Gasteiger partial charge in [-0.2, -0.15) is 0 Å². The summed E-state index contributed by atoms with van der Waals surface area (Å²) in [4.78, 5) is 26.8. The number of carbonyl (C=O) groups is 2. The van der Waals surface area contributed by atoms with E-state index in [-0.39, 0.29) is 17.9 Å². The van der Waals surface area contributed by atoms with Crippen molar-refractivity contribution in [2.24, 2.45) is 0 Å². The Morgan fingerprint density at radius 1 is 1.15 bits per heavy atom. The number of amides is 2. The van der Waals surface area contributed by atoms with Crippen LogP contribution in [0.2, 0.25) is 0 Å². The van der Waals surface area contributed by atoms with Gasteiger partial charge in [0.1, 0.15) is 6.04 Å². The maximum Gasteiger partial charge on any atom is 0.258 e. The molecule has 2 N–H and O–H groups in total. The number of morpholine rings is 1. The van der Waals surface area contributed by atoms with E-state index in [1.165, 1.54) is 0 Å². The number of benzene rings is 2. The molecule has 3 rings (SSSR count). The Morgan fingerprint density at radius 2 is 1.92 bits per heavy atom. The van der Waals surface area contributed by atoms with Gasteiger partial charge in [-0.1, -0.05) is 24.3 Å². The Bertz CT molecular complexity index is 779. The zero-order valence-electron chi connectivity index (χ0n) is 14.9. The van der Waals surface area contributed by atoms with Gasteiger partial charge in [-0.3, -0.25) is 9.59 Å². The van der Waals surface area contributed by atoms with Crippen molar-refractivity contribution >= 4 is 23.2 Å². The third kappa shape index (κ3) is 4.09. The molecule has 1 fully saturated rings. The lowest BCUT2D eigenvalue weighted by Gasteiger charge is -2.29. The van der Waals surface area contributed by atoms with Gasteiger partial charge in [-0.25, -0.2) is 0 Å². The van der Waals surface area contributed by atoms with Crippen LogP contribution in [0.25, 0.3) is 0 Å². The SMILES string of the molecule is C[C@H]1OCCN[C@@H]1C(=O)Nc1cccc(C(=O)N(C)c2ccccc2)c1. The van der Waals surface area contributed by atoms with Crippen molar-refractivity contribution in [2.45, 2.75) is 19.1 Å². The molecular formula is C20H23N3O3. The van der Waals surface area contributed by atoms with E-state index in [4.69, 9.17) is 4.74 Å². The Balaban J connectivity index is 1.71. The molecule has 0 spiro atoms. The zero-order valence-corrected chi connectivity index (χ0v) is 14.9. The molecule has 6 heteroatoms. The van der Waals surface area contributed by atoms with Crippen LogP contribution in [0.5, 0.6) is 0 Å². The minimum atomic E-state index is -0.407. The van der Waals surface area contributed by atoms with Crippen molar-refractivity contribution in [1.82, 2.24) is 5.32 Å². The van der Waals surface area contributed by atoms with Crippen molar-refractivity contribution in [3.8, 4) is 0 Å². The van der Waals surface area contributed by atoms with Gasteiger partial charge in [0.05, 0.1) is 12.7 Å². The third-order valence-electron chi connectivity index (χ3n) is 4.42. The van der Waals surface area contributed by atoms with E-state index in [0.29, 0.717) is 24.4 Å². The number of hydrogen-bond acceptors (Lipinski definition) is 4. The first kappa shape index (κ1) is 18.1. The summed E-state index contributed by atoms with van der Waals surface area (Å²) in [6.45, 7) is 3.11. The third-order valence-corrected chi connectivity index (χ3v) is 4.42. The number of carbonyl (C=O) groups excluding carboxylic acids is 2. The highest BCUT2D eigenvalue weighted by Crippen LogP contribution is 2.18. The van der Waals surface area contributed by atoms with Crippen LogP contribution >= 0.6 is 0 Å². The molecule has 0 aromatic heterocycles. The average Bonchev–Trinajstić information content (AvgIpc) is 2.68. The molecular weight excluding hydrogens is 330 g/mol. The van der Waals surface area contributed by atoms with E-state index in [1.807, 2.05) is 37.3 Å². The predicted molar refractivity (Wildman–Crippen MR) is 101 cm³/mol. The second kappa shape index (κ2) is 8.12. The maximum absolute atomic E-state index is 12.7. The fraction of sp³-hybridized carbons (Fsp3) is 0.300. The highest BCUT2D eigenvalue weighted by Gasteiger charge is 2.28. The van der Waals surface area contributed by atoms with Crippen LogP contribution in [-0.2, 0) is 9.53 Å². The molecule has 2 amide bonds. The normalized spacial score (nSPS) is 19.6. The first-order chi connectivity index (χ1) is 12.6. The molecule has 1 aliphatic heterocycles. The molecule has 2 aromatic rings. The van der Waals surface area contributed by atoms with Crippen LogP contribution in [0, 0.1) is 0 Å². The summed E-state index contributed by atoms with van der Waals surface area (Å²) in [5, 5.41) is 6.02. The standard InChI is InChI=1S/C20H23N3O3/c1-14-18(21-11-12-26-14)19(24)22-16-8-6-7-15(13-16)20(25)23(2)17-9-4-3-5-10-17/h3-10,13-14,18,21H,11-12H2,1-2H3,(H,22,24)/t14-,18+/m1/s1. The van der Waals surface area contributed by atoms with E-state index in [0.717, 1.165) is 5.69 Å². The number of nitrogens with one attached hydrogen (secondary N) is 2. The molecule has 1 aliphatic rings. The van der Waals surface area contributed by atoms with Crippen LogP contribution in [0.3, 0.4) is 0 Å². The molecule has 26 heavy (non-hydrogen) atoms. The molecule has 0 unspecified atom stereocenters. The van der Waals surface area contributed by atoms with Gasteiger partial charge >= 0.3 is 0 Å². The van der Waals surface area contributed by atoms with E-state index in [2.05, 4.69) is 10.6 Å². The molecule has 136 valence electrons. The molecule has 0 aliphatic carbocycles. The molecule has 6 nitrogen and oxygen atoms in total. The van der Waals surface area contributed by atoms with Gasteiger partial charge in [-0.05, 0) is 37.3 Å². The molecule has 2 atom stereocenters. The number of hydrogen-bond donors (Lipinski definition) is 2. The fourth-order valence-corrected chi connectivity index (χ4v) is 2.94. The highest BCUT2D eigenvalue weighted by atomic mass is 16.5. The van der Waals surface area contributed by atoms with Gasteiger partial charge in [-0.15, -0.1) is 0 Å². The van der Waals surface area contributed by atoms with E-state index in [1.54, 1.807) is 36.2 Å². The molecule has 0 radical (unpaired) electrons. The number of para-hydroxylation sites is 1. The Kier molecular flexibility index (Phi) is 5.65. The molecule has 1 heterocycles. The van der Waals surface area contributed by atoms with Crippen LogP contribution in [0.4, 0.5) is 11.4 Å². The quantitative estimate of drug-likeness (QED) is 0.885. The minimum absolute atomic E-state index is 0.139. The summed E-state index contributed by atoms with van der Waals surface area (Å²) in [6, 6.07) is 16.0. The number of rotatable bonds is 4. The van der Waals surface area contributed by atoms with Crippen molar-refractivity contribution in [1.29, 1.82) is 0 Å². The summed E-state index contributed by atoms with van der Waals surface area (Å²) < 4.78 is 5.51. The highest BCUT2D eigenvalue weighted by molar-refractivity contribution is 6.06. The molecule has 2 aromatic carbocycles. The summed E-state index contributed by atoms with van der Waals surface area (Å²) in [5.41, 5.74) is 1.90. The van der Waals surface area contributed by atoms with Crippen molar-refractivity contribution in [3.63, 3.8) is 0 Å². The van der Waals surface area contributed by atoms with Crippen molar-refractivity contribution < 1.29 is 14.3 Å². The first-order valence-electron chi connectivity index (χ1n) is 8.65. The smallest absolute Gasteiger partial charge is 0.258 e. The number of ether oxygens (including phenoxy) is 1. The number of anilines is 2. The Hall–Kier alpha value is -2.70. The van der Waals surface area contributed by atoms with E-state index in [9.17, 15) is 9.59 Å². The zero-order chi connectivity index (χ0) is 18.5. The maximum atomic E-state index is 12.7. The van der Waals surface area contributed by atoms with Gasteiger partial charge in [0.25, 0.3) is 5.91 Å². The largest absolute Gasteiger partial charge is 0.375 e. The summed E-state index contributed by atoms with van der Waals surface area (Å²) >= 11 is 0. The van der Waals surface area contributed by atoms with E-state index < -0.39 is 6.04 Å². The van der Waals surface area contributed by atoms with Crippen LogP contribution in [0.1, 0.15) is 17.3 Å². The topological polar surface area (TPSA) is 70.7 Å². The minimum Gasteiger partial charge on any atom is -0.375 e. The lowest BCUT2D eigenvalue weighted by molar-refractivity contribution is -0.123. The summed E-state index contributed by atoms with van der Waals surface area (Å²) in [7, 11) is 1.73. The van der Waals surface area contributed by atoms with Crippen LogP contribution in [-0.4, -0.2) is 44.2 Å².